The van der Waals surface area contributed by atoms with Crippen molar-refractivity contribution in [1.29, 1.82) is 0 Å². The van der Waals surface area contributed by atoms with Crippen LogP contribution in [0, 0.1) is 0 Å². The van der Waals surface area contributed by atoms with Gasteiger partial charge >= 0.3 is 0 Å². The van der Waals surface area contributed by atoms with E-state index in [-0.39, 0.29) is 11.8 Å². The normalized spacial score (nSPS) is 12.7. The standard InChI is InChI=1S/C25H25N3O2S/c1-16(2)26-25-28(22(15-31-25)21-11-7-8-12-23(21)30-4)27-17(3)19-14-13-18-9-5-6-10-20(18)24(19)29/h5-16,29H,1-4H3. The molecule has 0 fully saturated rings. The van der Waals surface area contributed by atoms with Gasteiger partial charge in [0.25, 0.3) is 0 Å². The van der Waals surface area contributed by atoms with Crippen LogP contribution in [0.1, 0.15) is 26.3 Å². The molecule has 31 heavy (non-hydrogen) atoms. The first kappa shape index (κ1) is 20.9. The van der Waals surface area contributed by atoms with Crippen molar-refractivity contribution in [2.45, 2.75) is 26.8 Å². The maximum Gasteiger partial charge on any atom is 0.206 e. The number of para-hydroxylation sites is 1. The van der Waals surface area contributed by atoms with E-state index in [0.717, 1.165) is 32.6 Å². The van der Waals surface area contributed by atoms with Crippen molar-refractivity contribution in [1.82, 2.24) is 4.68 Å². The van der Waals surface area contributed by atoms with Gasteiger partial charge in [-0.2, -0.15) is 5.10 Å². The Hall–Kier alpha value is -3.38. The van der Waals surface area contributed by atoms with Gasteiger partial charge in [0.2, 0.25) is 4.80 Å². The molecule has 4 aromatic rings. The molecule has 1 heterocycles. The summed E-state index contributed by atoms with van der Waals surface area (Å²) in [4.78, 5) is 5.54. The number of fused-ring (bicyclic) bond motifs is 1. The number of aromatic hydroxyl groups is 1. The quantitative estimate of drug-likeness (QED) is 0.414. The summed E-state index contributed by atoms with van der Waals surface area (Å²) in [6.45, 7) is 5.98. The number of nitrogens with zero attached hydrogens (tertiary/aromatic N) is 3. The maximum atomic E-state index is 10.9. The molecule has 6 heteroatoms. The average molecular weight is 432 g/mol. The summed E-state index contributed by atoms with van der Waals surface area (Å²) in [7, 11) is 1.66. The number of methoxy groups -OCH3 is 1. The summed E-state index contributed by atoms with van der Waals surface area (Å²) in [5, 5.41) is 19.6. The molecule has 0 aliphatic heterocycles. The Morgan fingerprint density at radius 2 is 1.77 bits per heavy atom. The molecule has 0 saturated carbocycles. The number of benzene rings is 3. The third kappa shape index (κ3) is 4.11. The van der Waals surface area contributed by atoms with Gasteiger partial charge in [0, 0.05) is 27.9 Å². The Labute approximate surface area is 185 Å². The largest absolute Gasteiger partial charge is 0.507 e. The fourth-order valence-electron chi connectivity index (χ4n) is 3.50. The number of ether oxygens (including phenoxy) is 1. The lowest BCUT2D eigenvalue weighted by Gasteiger charge is -2.11. The van der Waals surface area contributed by atoms with E-state index in [2.05, 4.69) is 0 Å². The molecule has 1 N–H and O–H groups in total. The Balaban J connectivity index is 1.92. The third-order valence-corrected chi connectivity index (χ3v) is 5.81. The molecule has 0 spiro atoms. The zero-order chi connectivity index (χ0) is 22.0. The van der Waals surface area contributed by atoms with E-state index in [1.54, 1.807) is 7.11 Å². The van der Waals surface area contributed by atoms with Gasteiger partial charge in [0.05, 0.1) is 18.5 Å². The van der Waals surface area contributed by atoms with Gasteiger partial charge in [-0.15, -0.1) is 11.3 Å². The van der Waals surface area contributed by atoms with E-state index in [1.165, 1.54) is 11.3 Å². The van der Waals surface area contributed by atoms with Gasteiger partial charge < -0.3 is 9.84 Å². The zero-order valence-electron chi connectivity index (χ0n) is 18.0. The molecule has 4 rings (SSSR count). The van der Waals surface area contributed by atoms with E-state index in [1.807, 2.05) is 91.5 Å². The third-order valence-electron chi connectivity index (χ3n) is 4.98. The lowest BCUT2D eigenvalue weighted by Crippen LogP contribution is -2.16. The fourth-order valence-corrected chi connectivity index (χ4v) is 4.45. The maximum absolute atomic E-state index is 10.9. The number of rotatable bonds is 5. The zero-order valence-corrected chi connectivity index (χ0v) is 18.9. The summed E-state index contributed by atoms with van der Waals surface area (Å²) in [5.74, 6) is 1.00. The summed E-state index contributed by atoms with van der Waals surface area (Å²) < 4.78 is 7.41. The minimum absolute atomic E-state index is 0.125. The van der Waals surface area contributed by atoms with Gasteiger partial charge in [0.15, 0.2) is 0 Å². The van der Waals surface area contributed by atoms with Gasteiger partial charge in [-0.25, -0.2) is 4.68 Å². The van der Waals surface area contributed by atoms with Crippen LogP contribution in [0.5, 0.6) is 11.5 Å². The summed E-state index contributed by atoms with van der Waals surface area (Å²) in [6.07, 6.45) is 0. The molecule has 5 nitrogen and oxygen atoms in total. The second kappa shape index (κ2) is 8.78. The second-order valence-corrected chi connectivity index (χ2v) is 8.34. The molecule has 1 aromatic heterocycles. The lowest BCUT2D eigenvalue weighted by molar-refractivity contribution is 0.416. The minimum atomic E-state index is 0.125. The highest BCUT2D eigenvalue weighted by Crippen LogP contribution is 2.31. The Morgan fingerprint density at radius 1 is 1.03 bits per heavy atom. The number of phenolic OH excluding ortho intramolecular Hbond substituents is 1. The van der Waals surface area contributed by atoms with Crippen LogP contribution in [0.2, 0.25) is 0 Å². The molecule has 0 unspecified atom stereocenters. The van der Waals surface area contributed by atoms with E-state index in [4.69, 9.17) is 14.8 Å². The summed E-state index contributed by atoms with van der Waals surface area (Å²) in [5.41, 5.74) is 3.22. The smallest absolute Gasteiger partial charge is 0.206 e. The van der Waals surface area contributed by atoms with Crippen LogP contribution >= 0.6 is 11.3 Å². The van der Waals surface area contributed by atoms with Crippen LogP contribution in [0.25, 0.3) is 22.0 Å². The van der Waals surface area contributed by atoms with Crippen molar-refractivity contribution < 1.29 is 9.84 Å². The van der Waals surface area contributed by atoms with E-state index in [9.17, 15) is 5.11 Å². The number of phenols is 1. The highest BCUT2D eigenvalue weighted by molar-refractivity contribution is 7.07. The van der Waals surface area contributed by atoms with Crippen LogP contribution in [-0.4, -0.2) is 28.6 Å². The molecule has 0 saturated heterocycles. The van der Waals surface area contributed by atoms with Gasteiger partial charge in [-0.05, 0) is 44.4 Å². The van der Waals surface area contributed by atoms with Crippen molar-refractivity contribution in [3.8, 4) is 22.8 Å². The number of hydrogen-bond donors (Lipinski definition) is 1. The highest BCUT2D eigenvalue weighted by atomic mass is 32.1. The van der Waals surface area contributed by atoms with E-state index >= 15 is 0 Å². The first-order valence-electron chi connectivity index (χ1n) is 10.1. The Kier molecular flexibility index (Phi) is 5.91. The van der Waals surface area contributed by atoms with Crippen LogP contribution in [0.15, 0.2) is 76.1 Å². The van der Waals surface area contributed by atoms with E-state index < -0.39 is 0 Å². The number of aromatic nitrogens is 1. The first-order valence-corrected chi connectivity index (χ1v) is 11.0. The molecule has 0 atom stereocenters. The van der Waals surface area contributed by atoms with Gasteiger partial charge in [-0.3, -0.25) is 4.99 Å². The minimum Gasteiger partial charge on any atom is -0.507 e. The molecule has 0 aliphatic rings. The summed E-state index contributed by atoms with van der Waals surface area (Å²) in [6, 6.07) is 19.7. The fraction of sp³-hybridized carbons (Fsp3) is 0.200. The monoisotopic (exact) mass is 431 g/mol. The molecule has 3 aromatic carbocycles. The number of thiazole rings is 1. The van der Waals surface area contributed by atoms with Crippen molar-refractivity contribution in [2.75, 3.05) is 7.11 Å². The second-order valence-electron chi connectivity index (χ2n) is 7.51. The first-order chi connectivity index (χ1) is 15.0. The topological polar surface area (TPSA) is 59.1 Å². The molecule has 0 aliphatic carbocycles. The SMILES string of the molecule is COc1ccccc1-c1csc(=NC(C)C)n1N=C(C)c1ccc2ccccc2c1O. The van der Waals surface area contributed by atoms with Crippen LogP contribution in [-0.2, 0) is 0 Å². The predicted octanol–water partition coefficient (Wildman–Crippen LogP) is 5.67. The molecule has 0 bridgehead atoms. The number of hydrogen-bond acceptors (Lipinski definition) is 5. The predicted molar refractivity (Wildman–Crippen MR) is 128 cm³/mol. The average Bonchev–Trinajstić information content (AvgIpc) is 3.15. The van der Waals surface area contributed by atoms with Crippen LogP contribution < -0.4 is 9.54 Å². The van der Waals surface area contributed by atoms with Crippen LogP contribution in [0.3, 0.4) is 0 Å². The van der Waals surface area contributed by atoms with Crippen molar-refractivity contribution >= 4 is 27.8 Å². The molecule has 0 radical (unpaired) electrons. The Morgan fingerprint density at radius 3 is 2.55 bits per heavy atom. The Bertz CT molecular complexity index is 1330. The van der Waals surface area contributed by atoms with E-state index in [0.29, 0.717) is 11.3 Å². The highest BCUT2D eigenvalue weighted by Gasteiger charge is 2.14. The summed E-state index contributed by atoms with van der Waals surface area (Å²) >= 11 is 1.53. The molecular weight excluding hydrogens is 406 g/mol. The van der Waals surface area contributed by atoms with Crippen molar-refractivity contribution in [3.05, 3.63) is 76.4 Å². The van der Waals surface area contributed by atoms with Crippen molar-refractivity contribution in [2.24, 2.45) is 10.1 Å². The van der Waals surface area contributed by atoms with Gasteiger partial charge in [-0.1, -0.05) is 42.5 Å². The lowest BCUT2D eigenvalue weighted by atomic mass is 10.0. The van der Waals surface area contributed by atoms with Gasteiger partial charge in [0.1, 0.15) is 11.5 Å². The van der Waals surface area contributed by atoms with Crippen LogP contribution in [0.4, 0.5) is 0 Å². The van der Waals surface area contributed by atoms with Crippen molar-refractivity contribution in [3.63, 3.8) is 0 Å². The molecule has 0 amide bonds. The molecular formula is C25H25N3O2S. The molecule has 158 valence electrons.